The minimum absolute atomic E-state index is 0.154. The zero-order chi connectivity index (χ0) is 15.5. The van der Waals surface area contributed by atoms with Gasteiger partial charge in [0.05, 0.1) is 4.88 Å². The second-order valence-corrected chi connectivity index (χ2v) is 8.13. The van der Waals surface area contributed by atoms with Gasteiger partial charge in [0.15, 0.2) is 0 Å². The summed E-state index contributed by atoms with van der Waals surface area (Å²) in [5.74, 6) is 0.918. The number of hydrogen-bond donors (Lipinski definition) is 1. The van der Waals surface area contributed by atoms with Gasteiger partial charge in [-0.05, 0) is 62.6 Å². The molecule has 0 bridgehead atoms. The molecule has 0 aromatic carbocycles. The van der Waals surface area contributed by atoms with Gasteiger partial charge in [-0.2, -0.15) is 0 Å². The van der Waals surface area contributed by atoms with Crippen LogP contribution < -0.4 is 5.32 Å². The van der Waals surface area contributed by atoms with Crippen molar-refractivity contribution in [3.05, 3.63) is 21.4 Å². The van der Waals surface area contributed by atoms with Crippen LogP contribution in [0.5, 0.6) is 0 Å². The predicted octanol–water partition coefficient (Wildman–Crippen LogP) is 3.48. The maximum Gasteiger partial charge on any atom is 0.261 e. The molecule has 1 N–H and O–H groups in total. The number of carbonyl (C=O) groups excluding carboxylic acids is 1. The van der Waals surface area contributed by atoms with Crippen LogP contribution in [0.2, 0.25) is 0 Å². The molecule has 4 heteroatoms. The lowest BCUT2D eigenvalue weighted by Gasteiger charge is -2.31. The van der Waals surface area contributed by atoms with Gasteiger partial charge in [0.2, 0.25) is 0 Å². The van der Waals surface area contributed by atoms with E-state index in [2.05, 4.69) is 30.1 Å². The van der Waals surface area contributed by atoms with Gasteiger partial charge >= 0.3 is 0 Å². The number of rotatable bonds is 4. The first-order valence-electron chi connectivity index (χ1n) is 8.80. The van der Waals surface area contributed by atoms with Crippen molar-refractivity contribution in [1.29, 1.82) is 0 Å². The van der Waals surface area contributed by atoms with Crippen LogP contribution in [0, 0.1) is 5.92 Å². The zero-order valence-corrected chi connectivity index (χ0v) is 14.7. The Hall–Kier alpha value is -0.870. The highest BCUT2D eigenvalue weighted by molar-refractivity contribution is 7.14. The minimum atomic E-state index is 0.154. The van der Waals surface area contributed by atoms with Crippen molar-refractivity contribution in [3.8, 4) is 0 Å². The fourth-order valence-electron chi connectivity index (χ4n) is 3.69. The largest absolute Gasteiger partial charge is 0.349 e. The third-order valence-electron chi connectivity index (χ3n) is 5.02. The summed E-state index contributed by atoms with van der Waals surface area (Å²) in [5, 5.41) is 3.26. The van der Waals surface area contributed by atoms with E-state index in [4.69, 9.17) is 0 Å². The van der Waals surface area contributed by atoms with E-state index in [1.54, 1.807) is 11.3 Å². The Bertz CT molecular complexity index is 517. The smallest absolute Gasteiger partial charge is 0.261 e. The standard InChI is InChI=1S/C18H28N2OS/c1-3-8-20-9-6-15(7-10-20)19-18(21)17-12-14-11-13(2)4-5-16(14)22-17/h12-13,15H,3-11H2,1-2H3,(H,19,21)/t13-/m1/s1. The number of thiophene rings is 1. The Morgan fingerprint density at radius 1 is 1.36 bits per heavy atom. The highest BCUT2D eigenvalue weighted by Crippen LogP contribution is 2.32. The molecule has 1 aromatic heterocycles. The molecule has 1 aromatic rings. The van der Waals surface area contributed by atoms with Crippen LogP contribution in [0.25, 0.3) is 0 Å². The number of amides is 1. The molecule has 0 spiro atoms. The molecule has 122 valence electrons. The first kappa shape index (κ1) is 16.0. The second kappa shape index (κ2) is 7.14. The molecular formula is C18H28N2OS. The summed E-state index contributed by atoms with van der Waals surface area (Å²) >= 11 is 1.72. The summed E-state index contributed by atoms with van der Waals surface area (Å²) in [4.78, 5) is 17.4. The van der Waals surface area contributed by atoms with Gasteiger partial charge in [0, 0.05) is 24.0 Å². The Morgan fingerprint density at radius 3 is 2.86 bits per heavy atom. The van der Waals surface area contributed by atoms with E-state index >= 15 is 0 Å². The summed E-state index contributed by atoms with van der Waals surface area (Å²) in [6.45, 7) is 7.97. The van der Waals surface area contributed by atoms with Gasteiger partial charge in [-0.15, -0.1) is 11.3 Å². The van der Waals surface area contributed by atoms with Gasteiger partial charge in [-0.3, -0.25) is 4.79 Å². The Labute approximate surface area is 138 Å². The Kier molecular flexibility index (Phi) is 5.19. The molecule has 1 amide bonds. The van der Waals surface area contributed by atoms with Crippen LogP contribution in [0.3, 0.4) is 0 Å². The first-order valence-corrected chi connectivity index (χ1v) is 9.62. The molecule has 0 saturated carbocycles. The van der Waals surface area contributed by atoms with E-state index in [9.17, 15) is 4.79 Å². The van der Waals surface area contributed by atoms with E-state index in [0.717, 1.165) is 49.6 Å². The molecule has 1 fully saturated rings. The molecule has 0 radical (unpaired) electrons. The van der Waals surface area contributed by atoms with Gasteiger partial charge < -0.3 is 10.2 Å². The molecular weight excluding hydrogens is 292 g/mol. The van der Waals surface area contributed by atoms with Crippen molar-refractivity contribution in [1.82, 2.24) is 10.2 Å². The fourth-order valence-corrected chi connectivity index (χ4v) is 4.80. The maximum atomic E-state index is 12.5. The summed E-state index contributed by atoms with van der Waals surface area (Å²) < 4.78 is 0. The summed E-state index contributed by atoms with van der Waals surface area (Å²) in [5.41, 5.74) is 1.42. The van der Waals surface area contributed by atoms with Crippen molar-refractivity contribution in [2.45, 2.75) is 58.4 Å². The van der Waals surface area contributed by atoms with Gasteiger partial charge in [-0.25, -0.2) is 0 Å². The van der Waals surface area contributed by atoms with E-state index in [1.807, 2.05) is 0 Å². The van der Waals surface area contributed by atoms with Gasteiger partial charge in [-0.1, -0.05) is 13.8 Å². The normalized spacial score (nSPS) is 23.3. The summed E-state index contributed by atoms with van der Waals surface area (Å²) in [6.07, 6.45) is 6.97. The number of carbonyl (C=O) groups is 1. The molecule has 1 atom stereocenters. The van der Waals surface area contributed by atoms with E-state index < -0.39 is 0 Å². The van der Waals surface area contributed by atoms with Crippen LogP contribution in [0.4, 0.5) is 0 Å². The van der Waals surface area contributed by atoms with E-state index in [1.165, 1.54) is 29.8 Å². The number of fused-ring (bicyclic) bond motifs is 1. The lowest BCUT2D eigenvalue weighted by molar-refractivity contribution is 0.0915. The summed E-state index contributed by atoms with van der Waals surface area (Å²) in [7, 11) is 0. The molecule has 1 saturated heterocycles. The predicted molar refractivity (Wildman–Crippen MR) is 92.7 cm³/mol. The molecule has 2 aliphatic rings. The average molecular weight is 321 g/mol. The van der Waals surface area contributed by atoms with Crippen LogP contribution in [0.15, 0.2) is 6.07 Å². The van der Waals surface area contributed by atoms with E-state index in [-0.39, 0.29) is 5.91 Å². The number of nitrogens with one attached hydrogen (secondary N) is 1. The lowest BCUT2D eigenvalue weighted by atomic mass is 9.90. The summed E-state index contributed by atoms with van der Waals surface area (Å²) in [6, 6.07) is 2.51. The highest BCUT2D eigenvalue weighted by atomic mass is 32.1. The molecule has 1 aliphatic carbocycles. The number of piperidine rings is 1. The monoisotopic (exact) mass is 320 g/mol. The van der Waals surface area contributed by atoms with Crippen LogP contribution in [-0.2, 0) is 12.8 Å². The fraction of sp³-hybridized carbons (Fsp3) is 0.722. The lowest BCUT2D eigenvalue weighted by Crippen LogP contribution is -2.44. The van der Waals surface area contributed by atoms with Crippen molar-refractivity contribution >= 4 is 17.2 Å². The van der Waals surface area contributed by atoms with Crippen molar-refractivity contribution in [2.75, 3.05) is 19.6 Å². The molecule has 3 rings (SSSR count). The van der Waals surface area contributed by atoms with Crippen LogP contribution >= 0.6 is 11.3 Å². The molecule has 0 unspecified atom stereocenters. The SMILES string of the molecule is CCCN1CCC(NC(=O)c2cc3c(s2)CC[C@@H](C)C3)CC1. The quantitative estimate of drug-likeness (QED) is 0.921. The second-order valence-electron chi connectivity index (χ2n) is 7.00. The minimum Gasteiger partial charge on any atom is -0.349 e. The van der Waals surface area contributed by atoms with Gasteiger partial charge in [0.1, 0.15) is 0 Å². The Morgan fingerprint density at radius 2 is 2.14 bits per heavy atom. The van der Waals surface area contributed by atoms with E-state index in [0.29, 0.717) is 6.04 Å². The van der Waals surface area contributed by atoms with Gasteiger partial charge in [0.25, 0.3) is 5.91 Å². The number of likely N-dealkylation sites (tertiary alicyclic amines) is 1. The Balaban J connectivity index is 1.54. The average Bonchev–Trinajstić information content (AvgIpc) is 2.92. The number of aryl methyl sites for hydroxylation is 1. The molecule has 3 nitrogen and oxygen atoms in total. The maximum absolute atomic E-state index is 12.5. The van der Waals surface area contributed by atoms with Crippen molar-refractivity contribution in [3.63, 3.8) is 0 Å². The highest BCUT2D eigenvalue weighted by Gasteiger charge is 2.24. The third kappa shape index (κ3) is 3.72. The first-order chi connectivity index (χ1) is 10.7. The zero-order valence-electron chi connectivity index (χ0n) is 13.9. The number of hydrogen-bond acceptors (Lipinski definition) is 3. The third-order valence-corrected chi connectivity index (χ3v) is 6.25. The molecule has 22 heavy (non-hydrogen) atoms. The number of nitrogens with zero attached hydrogens (tertiary/aromatic N) is 1. The van der Waals surface area contributed by atoms with Crippen LogP contribution in [0.1, 0.15) is 59.6 Å². The van der Waals surface area contributed by atoms with Crippen molar-refractivity contribution in [2.24, 2.45) is 5.92 Å². The topological polar surface area (TPSA) is 32.3 Å². The molecule has 2 heterocycles. The van der Waals surface area contributed by atoms with Crippen LogP contribution in [-0.4, -0.2) is 36.5 Å². The molecule has 1 aliphatic heterocycles. The van der Waals surface area contributed by atoms with Crippen molar-refractivity contribution < 1.29 is 4.79 Å².